The molecule has 3 N–H and O–H groups in total. The number of aliphatic hydroxyl groups is 1. The van der Waals surface area contributed by atoms with E-state index in [-0.39, 0.29) is 21.4 Å². The Hall–Kier alpha value is -3.08. The van der Waals surface area contributed by atoms with Gasteiger partial charge >= 0.3 is 27.1 Å². The van der Waals surface area contributed by atoms with Crippen molar-refractivity contribution >= 4 is 33.6 Å². The lowest BCUT2D eigenvalue weighted by Crippen LogP contribution is -2.50. The number of amides is 2. The SMILES string of the molecule is N#[N+]N(c1ccc(C(=O)O)cc1)N1C(=O)CC(O)(S(=O)(=O)O)C1=O. The molecular formula is C11H9N4O8S+. The van der Waals surface area contributed by atoms with Crippen LogP contribution in [0.2, 0.25) is 0 Å². The number of hydrogen-bond acceptors (Lipinski definition) is 8. The Morgan fingerprint density at radius 2 is 1.83 bits per heavy atom. The number of carbonyl (C=O) groups is 3. The van der Waals surface area contributed by atoms with Crippen molar-refractivity contribution in [2.75, 3.05) is 5.12 Å². The van der Waals surface area contributed by atoms with Crippen molar-refractivity contribution < 1.29 is 37.6 Å². The fourth-order valence-corrected chi connectivity index (χ4v) is 2.58. The minimum absolute atomic E-state index is 0.00352. The Bertz CT molecular complexity index is 874. The number of hydrazine groups is 1. The lowest BCUT2D eigenvalue weighted by molar-refractivity contribution is -0.142. The van der Waals surface area contributed by atoms with Crippen LogP contribution in [0.4, 0.5) is 5.69 Å². The largest absolute Gasteiger partial charge is 0.478 e. The van der Waals surface area contributed by atoms with Gasteiger partial charge in [-0.05, 0) is 24.3 Å². The number of aromatic carboxylic acids is 1. The topological polar surface area (TPSA) is 181 Å². The standard InChI is InChI=1S/C11H8N4O8S/c12-13-15(7-3-1-6(2-4-7)9(17)18)14-8(16)5-11(20,10(14)19)24(21,22)23/h1-4,20H,5H2,(H-,17,18,21,22,23)/p+1. The van der Waals surface area contributed by atoms with Gasteiger partial charge < -0.3 is 10.2 Å². The van der Waals surface area contributed by atoms with E-state index in [1.165, 1.54) is 0 Å². The normalized spacial score (nSPS) is 20.8. The second kappa shape index (κ2) is 5.53. The Balaban J connectivity index is 2.45. The molecule has 1 aliphatic heterocycles. The highest BCUT2D eigenvalue weighted by atomic mass is 32.2. The van der Waals surface area contributed by atoms with Crippen LogP contribution in [0.1, 0.15) is 16.8 Å². The first-order valence-corrected chi connectivity index (χ1v) is 7.52. The summed E-state index contributed by atoms with van der Waals surface area (Å²) in [5.41, 5.74) is -0.339. The molecule has 24 heavy (non-hydrogen) atoms. The fraction of sp³-hybridized carbons (Fsp3) is 0.182. The van der Waals surface area contributed by atoms with Crippen molar-refractivity contribution in [3.8, 4) is 0 Å². The monoisotopic (exact) mass is 357 g/mol. The maximum Gasteiger partial charge on any atom is 0.335 e. The molecule has 1 unspecified atom stereocenters. The summed E-state index contributed by atoms with van der Waals surface area (Å²) in [5, 5.41) is 30.5. The number of diazo groups is 1. The van der Waals surface area contributed by atoms with E-state index in [1.807, 2.05) is 0 Å². The van der Waals surface area contributed by atoms with Gasteiger partial charge in [0.15, 0.2) is 0 Å². The summed E-state index contributed by atoms with van der Waals surface area (Å²) in [7, 11) is -5.34. The van der Waals surface area contributed by atoms with Gasteiger partial charge in [-0.2, -0.15) is 8.42 Å². The molecular weight excluding hydrogens is 348 g/mol. The van der Waals surface area contributed by atoms with Crippen LogP contribution in [0.3, 0.4) is 0 Å². The van der Waals surface area contributed by atoms with E-state index < -0.39 is 39.3 Å². The Morgan fingerprint density at radius 3 is 2.21 bits per heavy atom. The molecule has 13 heteroatoms. The molecule has 1 saturated heterocycles. The predicted octanol–water partition coefficient (Wildman–Crippen LogP) is -0.790. The number of carboxylic acids is 1. The zero-order chi connectivity index (χ0) is 18.3. The third-order valence-corrected chi connectivity index (χ3v) is 4.37. The van der Waals surface area contributed by atoms with Gasteiger partial charge in [-0.3, -0.25) is 14.1 Å². The molecule has 1 aliphatic rings. The number of imide groups is 1. The number of hydrogen-bond donors (Lipinski definition) is 3. The number of rotatable bonds is 4. The van der Waals surface area contributed by atoms with Crippen LogP contribution in [-0.4, -0.2) is 50.9 Å². The van der Waals surface area contributed by atoms with E-state index in [1.54, 1.807) is 0 Å². The number of nitrogens with zero attached hydrogens (tertiary/aromatic N) is 4. The fourth-order valence-electron chi connectivity index (χ4n) is 1.97. The van der Waals surface area contributed by atoms with Crippen molar-refractivity contribution in [1.82, 2.24) is 5.01 Å². The van der Waals surface area contributed by atoms with E-state index in [9.17, 15) is 27.9 Å². The van der Waals surface area contributed by atoms with E-state index >= 15 is 0 Å². The van der Waals surface area contributed by atoms with E-state index in [4.69, 9.17) is 15.1 Å². The molecule has 126 valence electrons. The summed E-state index contributed by atoms with van der Waals surface area (Å²) in [6.45, 7) is 0. The number of carbonyl (C=O) groups excluding carboxylic acids is 2. The highest BCUT2D eigenvalue weighted by molar-refractivity contribution is 7.88. The molecule has 0 aliphatic carbocycles. The molecule has 2 amide bonds. The first-order valence-electron chi connectivity index (χ1n) is 6.08. The Morgan fingerprint density at radius 1 is 1.29 bits per heavy atom. The zero-order valence-electron chi connectivity index (χ0n) is 11.6. The maximum absolute atomic E-state index is 12.0. The van der Waals surface area contributed by atoms with Crippen LogP contribution in [0.15, 0.2) is 24.3 Å². The minimum atomic E-state index is -5.34. The molecule has 0 radical (unpaired) electrons. The minimum Gasteiger partial charge on any atom is -0.478 e. The molecule has 1 heterocycles. The highest BCUT2D eigenvalue weighted by Crippen LogP contribution is 2.32. The van der Waals surface area contributed by atoms with Crippen LogP contribution in [0.5, 0.6) is 0 Å². The highest BCUT2D eigenvalue weighted by Gasteiger charge is 2.63. The lowest BCUT2D eigenvalue weighted by Gasteiger charge is -2.17. The average molecular weight is 357 g/mol. The molecule has 12 nitrogen and oxygen atoms in total. The van der Waals surface area contributed by atoms with Crippen molar-refractivity contribution in [2.24, 2.45) is 0 Å². The second-order valence-electron chi connectivity index (χ2n) is 4.68. The predicted molar refractivity (Wildman–Crippen MR) is 73.9 cm³/mol. The van der Waals surface area contributed by atoms with E-state index in [0.29, 0.717) is 0 Å². The summed E-state index contributed by atoms with van der Waals surface area (Å²) < 4.78 is 31.3. The number of anilines is 1. The summed E-state index contributed by atoms with van der Waals surface area (Å²) >= 11 is 0. The maximum atomic E-state index is 12.0. The molecule has 0 spiro atoms. The van der Waals surface area contributed by atoms with Crippen molar-refractivity contribution in [3.63, 3.8) is 0 Å². The molecule has 0 saturated carbocycles. The van der Waals surface area contributed by atoms with Crippen LogP contribution in [-0.2, 0) is 19.7 Å². The third kappa shape index (κ3) is 2.54. The summed E-state index contributed by atoms with van der Waals surface area (Å²) in [5.74, 6) is -4.29. The van der Waals surface area contributed by atoms with Crippen LogP contribution < -0.4 is 5.12 Å². The molecule has 2 rings (SSSR count). The quantitative estimate of drug-likeness (QED) is 0.267. The van der Waals surface area contributed by atoms with Crippen LogP contribution in [0, 0.1) is 5.39 Å². The van der Waals surface area contributed by atoms with E-state index in [0.717, 1.165) is 24.3 Å². The first kappa shape index (κ1) is 17.3. The smallest absolute Gasteiger partial charge is 0.335 e. The molecule has 1 aromatic rings. The van der Waals surface area contributed by atoms with Crippen molar-refractivity contribution in [3.05, 3.63) is 34.9 Å². The molecule has 1 fully saturated rings. The molecule has 0 bridgehead atoms. The van der Waals surface area contributed by atoms with Gasteiger partial charge in [-0.15, -0.1) is 5.01 Å². The number of carboxylic acid groups (broad SMARTS) is 1. The third-order valence-electron chi connectivity index (χ3n) is 3.20. The lowest BCUT2D eigenvalue weighted by atomic mass is 10.2. The van der Waals surface area contributed by atoms with Gasteiger partial charge in [0.25, 0.3) is 16.2 Å². The van der Waals surface area contributed by atoms with Crippen molar-refractivity contribution in [2.45, 2.75) is 11.4 Å². The summed E-state index contributed by atoms with van der Waals surface area (Å²) in [4.78, 5) is 31.3. The number of benzene rings is 1. The molecule has 0 aromatic heterocycles. The Labute approximate surface area is 133 Å². The second-order valence-corrected chi connectivity index (χ2v) is 6.30. The molecule has 1 atom stereocenters. The Kier molecular flexibility index (Phi) is 3.98. The summed E-state index contributed by atoms with van der Waals surface area (Å²) in [6, 6.07) is 4.26. The average Bonchev–Trinajstić information content (AvgIpc) is 2.72. The first-order chi connectivity index (χ1) is 11.0. The summed E-state index contributed by atoms with van der Waals surface area (Å²) in [6.07, 6.45) is -1.29. The van der Waals surface area contributed by atoms with Gasteiger partial charge in [0.1, 0.15) is 10.8 Å². The van der Waals surface area contributed by atoms with Gasteiger partial charge in [0, 0.05) is 0 Å². The van der Waals surface area contributed by atoms with Gasteiger partial charge in [-0.1, -0.05) is 0 Å². The van der Waals surface area contributed by atoms with Crippen molar-refractivity contribution in [1.29, 1.82) is 5.39 Å². The van der Waals surface area contributed by atoms with Gasteiger partial charge in [0.05, 0.1) is 12.0 Å². The molecule has 1 aromatic carbocycles. The zero-order valence-corrected chi connectivity index (χ0v) is 12.4. The van der Waals surface area contributed by atoms with Gasteiger partial charge in [-0.25, -0.2) is 4.79 Å². The van der Waals surface area contributed by atoms with Crippen LogP contribution in [0.25, 0.3) is 5.08 Å². The van der Waals surface area contributed by atoms with Gasteiger partial charge in [0.2, 0.25) is 0 Å². The van der Waals surface area contributed by atoms with E-state index in [2.05, 4.69) is 5.08 Å². The van der Waals surface area contributed by atoms with Crippen LogP contribution >= 0.6 is 0 Å².